The standard InChI is InChI=1S/C13H23N5O/c1-17-4-6-18(7-5-17)12-11-9-13(11,16-10-14-12)15-3-8-19-2/h10-11,15H,3-9H2,1-2H3. The summed E-state index contributed by atoms with van der Waals surface area (Å²) >= 11 is 0. The topological polar surface area (TPSA) is 52.5 Å². The molecular formula is C13H23N5O. The molecule has 0 aromatic rings. The van der Waals surface area contributed by atoms with E-state index in [0.29, 0.717) is 5.92 Å². The van der Waals surface area contributed by atoms with Gasteiger partial charge in [0.2, 0.25) is 0 Å². The lowest BCUT2D eigenvalue weighted by atomic mass is 10.2. The SMILES string of the molecule is COCCNC12CC1C(N1CCN(C)CC1)=NC=N2. The van der Waals surface area contributed by atoms with Gasteiger partial charge in [-0.05, 0) is 7.05 Å². The second kappa shape index (κ2) is 5.19. The Morgan fingerprint density at radius 1 is 1.42 bits per heavy atom. The molecule has 2 aliphatic heterocycles. The molecule has 0 aromatic heterocycles. The highest BCUT2D eigenvalue weighted by atomic mass is 16.5. The molecule has 2 heterocycles. The summed E-state index contributed by atoms with van der Waals surface area (Å²) < 4.78 is 5.09. The number of rotatable bonds is 4. The average Bonchev–Trinajstić information content (AvgIpc) is 3.14. The van der Waals surface area contributed by atoms with Crippen LogP contribution in [0.2, 0.25) is 0 Å². The van der Waals surface area contributed by atoms with E-state index in [-0.39, 0.29) is 5.66 Å². The number of methoxy groups -OCH3 is 1. The molecule has 1 saturated heterocycles. The summed E-state index contributed by atoms with van der Waals surface area (Å²) in [5, 5.41) is 3.51. The minimum atomic E-state index is -0.0844. The van der Waals surface area contributed by atoms with E-state index in [1.807, 2.05) is 0 Å². The smallest absolute Gasteiger partial charge is 0.123 e. The minimum Gasteiger partial charge on any atom is -0.383 e. The number of piperazine rings is 1. The van der Waals surface area contributed by atoms with E-state index in [1.54, 1.807) is 13.4 Å². The van der Waals surface area contributed by atoms with Crippen LogP contribution in [0.5, 0.6) is 0 Å². The molecule has 0 spiro atoms. The molecule has 3 aliphatic rings. The number of fused-ring (bicyclic) bond motifs is 1. The van der Waals surface area contributed by atoms with Gasteiger partial charge in [0, 0.05) is 46.3 Å². The Morgan fingerprint density at radius 3 is 2.95 bits per heavy atom. The van der Waals surface area contributed by atoms with Gasteiger partial charge in [0.1, 0.15) is 17.8 Å². The molecule has 6 heteroatoms. The molecular weight excluding hydrogens is 242 g/mol. The Labute approximate surface area is 114 Å². The molecule has 19 heavy (non-hydrogen) atoms. The number of nitrogens with zero attached hydrogens (tertiary/aromatic N) is 4. The van der Waals surface area contributed by atoms with Gasteiger partial charge in [-0.3, -0.25) is 10.3 Å². The van der Waals surface area contributed by atoms with Crippen LogP contribution in [0.3, 0.4) is 0 Å². The van der Waals surface area contributed by atoms with Crippen LogP contribution in [-0.2, 0) is 4.74 Å². The summed E-state index contributed by atoms with van der Waals surface area (Å²) in [5.74, 6) is 1.69. The van der Waals surface area contributed by atoms with E-state index in [1.165, 1.54) is 5.84 Å². The zero-order valence-electron chi connectivity index (χ0n) is 11.8. The number of amidine groups is 1. The van der Waals surface area contributed by atoms with Gasteiger partial charge >= 0.3 is 0 Å². The molecule has 1 aliphatic carbocycles. The van der Waals surface area contributed by atoms with Gasteiger partial charge in [0.15, 0.2) is 0 Å². The monoisotopic (exact) mass is 265 g/mol. The molecule has 6 nitrogen and oxygen atoms in total. The van der Waals surface area contributed by atoms with Crippen LogP contribution < -0.4 is 5.32 Å². The number of nitrogens with one attached hydrogen (secondary N) is 1. The van der Waals surface area contributed by atoms with Crippen LogP contribution in [0.4, 0.5) is 0 Å². The molecule has 2 unspecified atom stereocenters. The number of hydrogen-bond acceptors (Lipinski definition) is 6. The Kier molecular flexibility index (Phi) is 3.56. The zero-order valence-corrected chi connectivity index (χ0v) is 11.8. The second-order valence-corrected chi connectivity index (χ2v) is 5.62. The summed E-state index contributed by atoms with van der Waals surface area (Å²) in [6.45, 7) is 5.97. The maximum atomic E-state index is 5.09. The van der Waals surface area contributed by atoms with Crippen molar-refractivity contribution in [3.8, 4) is 0 Å². The lowest BCUT2D eigenvalue weighted by Gasteiger charge is -2.35. The molecule has 0 aromatic carbocycles. The molecule has 0 amide bonds. The maximum Gasteiger partial charge on any atom is 0.123 e. The van der Waals surface area contributed by atoms with Gasteiger partial charge in [0.05, 0.1) is 12.5 Å². The first-order chi connectivity index (χ1) is 9.25. The molecule has 3 rings (SSSR count). The first kappa shape index (κ1) is 13.0. The maximum absolute atomic E-state index is 5.09. The van der Waals surface area contributed by atoms with E-state index in [4.69, 9.17) is 4.74 Å². The Balaban J connectivity index is 1.60. The highest BCUT2D eigenvalue weighted by Crippen LogP contribution is 2.47. The van der Waals surface area contributed by atoms with Crippen molar-refractivity contribution in [2.24, 2.45) is 15.9 Å². The largest absolute Gasteiger partial charge is 0.383 e. The van der Waals surface area contributed by atoms with Crippen LogP contribution in [0.1, 0.15) is 6.42 Å². The Bertz CT molecular complexity index is 388. The lowest BCUT2D eigenvalue weighted by Crippen LogP contribution is -2.50. The van der Waals surface area contributed by atoms with Crippen molar-refractivity contribution in [1.82, 2.24) is 15.1 Å². The van der Waals surface area contributed by atoms with Crippen molar-refractivity contribution in [2.75, 3.05) is 53.5 Å². The molecule has 0 radical (unpaired) electrons. The van der Waals surface area contributed by atoms with Gasteiger partial charge < -0.3 is 14.5 Å². The van der Waals surface area contributed by atoms with E-state index in [0.717, 1.165) is 45.8 Å². The van der Waals surface area contributed by atoms with Crippen LogP contribution in [0.25, 0.3) is 0 Å². The van der Waals surface area contributed by atoms with E-state index in [9.17, 15) is 0 Å². The van der Waals surface area contributed by atoms with Crippen molar-refractivity contribution < 1.29 is 4.74 Å². The average molecular weight is 265 g/mol. The summed E-state index contributed by atoms with van der Waals surface area (Å²) in [4.78, 5) is 13.9. The highest BCUT2D eigenvalue weighted by molar-refractivity contribution is 5.96. The first-order valence-corrected chi connectivity index (χ1v) is 7.04. The number of aliphatic imine (C=N–C) groups is 2. The van der Waals surface area contributed by atoms with Crippen LogP contribution in [0.15, 0.2) is 9.98 Å². The predicted octanol–water partition coefficient (Wildman–Crippen LogP) is -0.374. The first-order valence-electron chi connectivity index (χ1n) is 7.04. The fraction of sp³-hybridized carbons (Fsp3) is 0.846. The van der Waals surface area contributed by atoms with Gasteiger partial charge in [0.25, 0.3) is 0 Å². The van der Waals surface area contributed by atoms with Crippen LogP contribution in [-0.4, -0.2) is 81.1 Å². The third-order valence-electron chi connectivity index (χ3n) is 4.29. The van der Waals surface area contributed by atoms with Crippen molar-refractivity contribution in [3.05, 3.63) is 0 Å². The number of likely N-dealkylation sites (N-methyl/N-ethyl adjacent to an activating group) is 1. The number of ether oxygens (including phenoxy) is 1. The van der Waals surface area contributed by atoms with E-state index in [2.05, 4.69) is 32.1 Å². The molecule has 2 atom stereocenters. The number of hydrogen-bond donors (Lipinski definition) is 1. The third kappa shape index (κ3) is 2.52. The van der Waals surface area contributed by atoms with Crippen molar-refractivity contribution >= 4 is 12.2 Å². The minimum absolute atomic E-state index is 0.0844. The summed E-state index contributed by atoms with van der Waals surface area (Å²) in [5.41, 5.74) is -0.0844. The molecule has 1 N–H and O–H groups in total. The van der Waals surface area contributed by atoms with Gasteiger partial charge in [-0.2, -0.15) is 0 Å². The molecule has 0 bridgehead atoms. The Hall–Kier alpha value is -0.980. The quantitative estimate of drug-likeness (QED) is 0.705. The van der Waals surface area contributed by atoms with Crippen molar-refractivity contribution in [3.63, 3.8) is 0 Å². The van der Waals surface area contributed by atoms with Gasteiger partial charge in [-0.1, -0.05) is 0 Å². The summed E-state index contributed by atoms with van der Waals surface area (Å²) in [7, 11) is 3.90. The van der Waals surface area contributed by atoms with Crippen molar-refractivity contribution in [1.29, 1.82) is 0 Å². The van der Waals surface area contributed by atoms with Crippen LogP contribution >= 0.6 is 0 Å². The second-order valence-electron chi connectivity index (χ2n) is 5.62. The van der Waals surface area contributed by atoms with Crippen molar-refractivity contribution in [2.45, 2.75) is 12.1 Å². The molecule has 2 fully saturated rings. The fourth-order valence-corrected chi connectivity index (χ4v) is 2.93. The summed E-state index contributed by atoms with van der Waals surface area (Å²) in [6.07, 6.45) is 2.80. The summed E-state index contributed by atoms with van der Waals surface area (Å²) in [6, 6.07) is 0. The highest BCUT2D eigenvalue weighted by Gasteiger charge is 2.59. The van der Waals surface area contributed by atoms with E-state index >= 15 is 0 Å². The van der Waals surface area contributed by atoms with Gasteiger partial charge in [-0.15, -0.1) is 0 Å². The fourth-order valence-electron chi connectivity index (χ4n) is 2.93. The van der Waals surface area contributed by atoms with Gasteiger partial charge in [-0.25, -0.2) is 4.99 Å². The molecule has 106 valence electrons. The molecule has 1 saturated carbocycles. The lowest BCUT2D eigenvalue weighted by molar-refractivity contribution is 0.193. The van der Waals surface area contributed by atoms with E-state index < -0.39 is 0 Å². The third-order valence-corrected chi connectivity index (χ3v) is 4.29. The normalized spacial score (nSPS) is 34.1. The zero-order chi connectivity index (χ0) is 13.3. The Morgan fingerprint density at radius 2 is 2.21 bits per heavy atom. The predicted molar refractivity (Wildman–Crippen MR) is 75.7 cm³/mol. The van der Waals surface area contributed by atoms with Crippen LogP contribution in [0, 0.1) is 5.92 Å².